The van der Waals surface area contributed by atoms with Gasteiger partial charge in [0.25, 0.3) is 0 Å². The van der Waals surface area contributed by atoms with Gasteiger partial charge in [-0.05, 0) is 42.5 Å². The molecule has 3 aromatic carbocycles. The summed E-state index contributed by atoms with van der Waals surface area (Å²) in [6, 6.07) is 19.8. The first-order valence-electron chi connectivity index (χ1n) is 9.86. The van der Waals surface area contributed by atoms with E-state index in [0.717, 1.165) is 0 Å². The van der Waals surface area contributed by atoms with Crippen LogP contribution in [-0.2, 0) is 0 Å². The first kappa shape index (κ1) is 23.2. The van der Waals surface area contributed by atoms with Crippen molar-refractivity contribution in [2.24, 2.45) is 0 Å². The Hall–Kier alpha value is -3.00. The number of hydrogen-bond acceptors (Lipinski definition) is 6. The minimum absolute atomic E-state index is 0.106. The number of halogens is 2. The molecule has 0 radical (unpaired) electrons. The Morgan fingerprint density at radius 3 is 2.36 bits per heavy atom. The van der Waals surface area contributed by atoms with E-state index in [1.54, 1.807) is 37.4 Å². The number of ether oxygens (including phenoxy) is 2. The van der Waals surface area contributed by atoms with Crippen molar-refractivity contribution in [3.63, 3.8) is 0 Å². The van der Waals surface area contributed by atoms with Gasteiger partial charge in [-0.25, -0.2) is 0 Å². The van der Waals surface area contributed by atoms with Gasteiger partial charge in [0.2, 0.25) is 0 Å². The predicted molar refractivity (Wildman–Crippen MR) is 131 cm³/mol. The number of aromatic nitrogens is 3. The molecule has 6 nitrogen and oxygen atoms in total. The lowest BCUT2D eigenvalue weighted by atomic mass is 10.1. The number of ketones is 1. The third-order valence-electron chi connectivity index (χ3n) is 4.88. The van der Waals surface area contributed by atoms with Crippen molar-refractivity contribution < 1.29 is 14.3 Å². The van der Waals surface area contributed by atoms with Crippen molar-refractivity contribution in [1.29, 1.82) is 0 Å². The molecule has 9 heteroatoms. The molecule has 1 heterocycles. The van der Waals surface area contributed by atoms with Crippen molar-refractivity contribution in [1.82, 2.24) is 14.8 Å². The van der Waals surface area contributed by atoms with E-state index in [1.165, 1.54) is 18.9 Å². The molecule has 0 aliphatic rings. The van der Waals surface area contributed by atoms with Crippen LogP contribution in [0.1, 0.15) is 10.4 Å². The number of nitrogens with zero attached hydrogens (tertiary/aromatic N) is 3. The molecule has 0 saturated carbocycles. The molecule has 0 amide bonds. The summed E-state index contributed by atoms with van der Waals surface area (Å²) in [6.45, 7) is 0. The van der Waals surface area contributed by atoms with Crippen molar-refractivity contribution in [3.8, 4) is 28.6 Å². The SMILES string of the molecule is COc1ccc(OC)c(C(=O)CSc2nnc(-c3ccccc3Cl)n2-c2ccccc2Cl)c1. The lowest BCUT2D eigenvalue weighted by Crippen LogP contribution is -2.07. The summed E-state index contributed by atoms with van der Waals surface area (Å²) in [5.41, 5.74) is 1.83. The average molecular weight is 500 g/mol. The molecule has 0 fully saturated rings. The highest BCUT2D eigenvalue weighted by Crippen LogP contribution is 2.35. The topological polar surface area (TPSA) is 66.2 Å². The van der Waals surface area contributed by atoms with E-state index < -0.39 is 0 Å². The van der Waals surface area contributed by atoms with E-state index >= 15 is 0 Å². The van der Waals surface area contributed by atoms with Crippen LogP contribution in [0, 0.1) is 0 Å². The Balaban J connectivity index is 1.72. The Bertz CT molecular complexity index is 1310. The van der Waals surface area contributed by atoms with Crippen LogP contribution < -0.4 is 9.47 Å². The standard InChI is InChI=1S/C24H19Cl2N3O3S/c1-31-15-11-12-22(32-2)17(13-15)21(30)14-33-24-28-27-23(16-7-3-4-8-18(16)25)29(24)20-10-6-5-9-19(20)26/h3-13H,14H2,1-2H3. The molecule has 0 aliphatic carbocycles. The Morgan fingerprint density at radius 1 is 0.939 bits per heavy atom. The molecule has 1 aromatic heterocycles. The Kier molecular flexibility index (Phi) is 7.23. The minimum Gasteiger partial charge on any atom is -0.497 e. The van der Waals surface area contributed by atoms with E-state index in [9.17, 15) is 4.79 Å². The number of carbonyl (C=O) groups is 1. The summed E-state index contributed by atoms with van der Waals surface area (Å²) in [6.07, 6.45) is 0. The van der Waals surface area contributed by atoms with E-state index in [4.69, 9.17) is 32.7 Å². The summed E-state index contributed by atoms with van der Waals surface area (Å²) in [5.74, 6) is 1.55. The second-order valence-electron chi connectivity index (χ2n) is 6.85. The number of hydrogen-bond donors (Lipinski definition) is 0. The van der Waals surface area contributed by atoms with Gasteiger partial charge in [0.05, 0.1) is 41.3 Å². The maximum Gasteiger partial charge on any atom is 0.196 e. The fraction of sp³-hybridized carbons (Fsp3) is 0.125. The number of benzene rings is 3. The van der Waals surface area contributed by atoms with E-state index in [2.05, 4.69) is 10.2 Å². The molecular weight excluding hydrogens is 481 g/mol. The molecule has 0 saturated heterocycles. The predicted octanol–water partition coefficient (Wildman–Crippen LogP) is 6.23. The molecule has 33 heavy (non-hydrogen) atoms. The van der Waals surface area contributed by atoms with Crippen LogP contribution in [0.2, 0.25) is 10.0 Å². The van der Waals surface area contributed by atoms with Gasteiger partial charge in [-0.15, -0.1) is 10.2 Å². The van der Waals surface area contributed by atoms with Gasteiger partial charge in [0.15, 0.2) is 16.8 Å². The van der Waals surface area contributed by atoms with Gasteiger partial charge in [0.1, 0.15) is 11.5 Å². The monoisotopic (exact) mass is 499 g/mol. The minimum atomic E-state index is -0.135. The lowest BCUT2D eigenvalue weighted by molar-refractivity contribution is 0.101. The number of rotatable bonds is 8. The fourth-order valence-corrected chi connectivity index (χ4v) is 4.54. The van der Waals surface area contributed by atoms with Gasteiger partial charge in [-0.3, -0.25) is 9.36 Å². The average Bonchev–Trinajstić information content (AvgIpc) is 3.26. The van der Waals surface area contributed by atoms with Crippen LogP contribution in [0.25, 0.3) is 17.1 Å². The third-order valence-corrected chi connectivity index (χ3v) is 6.46. The van der Waals surface area contributed by atoms with Crippen LogP contribution in [0.4, 0.5) is 0 Å². The Morgan fingerprint density at radius 2 is 1.67 bits per heavy atom. The van der Waals surface area contributed by atoms with Crippen LogP contribution in [0.5, 0.6) is 11.5 Å². The Labute approximate surface area is 205 Å². The van der Waals surface area contributed by atoms with Crippen molar-refractivity contribution in [3.05, 3.63) is 82.3 Å². The highest BCUT2D eigenvalue weighted by atomic mass is 35.5. The molecule has 168 valence electrons. The zero-order chi connectivity index (χ0) is 23.4. The molecule has 0 bridgehead atoms. The first-order valence-corrected chi connectivity index (χ1v) is 11.6. The first-order chi connectivity index (χ1) is 16.0. The number of carbonyl (C=O) groups excluding carboxylic acids is 1. The smallest absolute Gasteiger partial charge is 0.196 e. The summed E-state index contributed by atoms with van der Waals surface area (Å²) in [5, 5.41) is 10.3. The molecule has 4 aromatic rings. The maximum atomic E-state index is 13.1. The number of para-hydroxylation sites is 1. The summed E-state index contributed by atoms with van der Waals surface area (Å²) >= 11 is 14.2. The molecule has 0 aliphatic heterocycles. The van der Waals surface area contributed by atoms with Crippen molar-refractivity contribution in [2.45, 2.75) is 5.16 Å². The van der Waals surface area contributed by atoms with Crippen molar-refractivity contribution >= 4 is 40.7 Å². The van der Waals surface area contributed by atoms with Gasteiger partial charge in [-0.2, -0.15) is 0 Å². The van der Waals surface area contributed by atoms with Crippen LogP contribution in [-0.4, -0.2) is 40.5 Å². The van der Waals surface area contributed by atoms with Gasteiger partial charge >= 0.3 is 0 Å². The molecule has 0 atom stereocenters. The summed E-state index contributed by atoms with van der Waals surface area (Å²) in [7, 11) is 3.07. The molecule has 0 spiro atoms. The quantitative estimate of drug-likeness (QED) is 0.211. The number of methoxy groups -OCH3 is 2. The van der Waals surface area contributed by atoms with Crippen LogP contribution >= 0.6 is 35.0 Å². The molecule has 4 rings (SSSR count). The van der Waals surface area contributed by atoms with Gasteiger partial charge < -0.3 is 9.47 Å². The maximum absolute atomic E-state index is 13.1. The zero-order valence-electron chi connectivity index (χ0n) is 17.8. The van der Waals surface area contributed by atoms with Gasteiger partial charge in [-0.1, -0.05) is 59.2 Å². The van der Waals surface area contributed by atoms with Crippen LogP contribution in [0.15, 0.2) is 71.9 Å². The highest BCUT2D eigenvalue weighted by molar-refractivity contribution is 7.99. The second kappa shape index (κ2) is 10.3. The van der Waals surface area contributed by atoms with Gasteiger partial charge in [0, 0.05) is 5.56 Å². The zero-order valence-corrected chi connectivity index (χ0v) is 20.1. The fourth-order valence-electron chi connectivity index (χ4n) is 3.27. The number of Topliss-reactive ketones (excluding diaryl/α,β-unsaturated/α-hetero) is 1. The van der Waals surface area contributed by atoms with E-state index in [-0.39, 0.29) is 11.5 Å². The highest BCUT2D eigenvalue weighted by Gasteiger charge is 2.21. The largest absolute Gasteiger partial charge is 0.497 e. The summed E-state index contributed by atoms with van der Waals surface area (Å²) < 4.78 is 12.4. The normalized spacial score (nSPS) is 10.8. The van der Waals surface area contributed by atoms with E-state index in [1.807, 2.05) is 41.0 Å². The number of thioether (sulfide) groups is 1. The third kappa shape index (κ3) is 4.85. The van der Waals surface area contributed by atoms with Crippen molar-refractivity contribution in [2.75, 3.05) is 20.0 Å². The second-order valence-corrected chi connectivity index (χ2v) is 8.61. The molecule has 0 unspecified atom stereocenters. The molecule has 0 N–H and O–H groups in total. The lowest BCUT2D eigenvalue weighted by Gasteiger charge is -2.13. The summed E-state index contributed by atoms with van der Waals surface area (Å²) in [4.78, 5) is 13.1. The molecular formula is C24H19Cl2N3O3S. The van der Waals surface area contributed by atoms with Crippen LogP contribution in [0.3, 0.4) is 0 Å². The van der Waals surface area contributed by atoms with E-state index in [0.29, 0.717) is 49.3 Å².